The first kappa shape index (κ1) is 59.7. The molecule has 356 valence electrons. The minimum atomic E-state index is -0.996. The lowest BCUT2D eigenvalue weighted by Gasteiger charge is -2.32. The number of aldehydes is 3. The van der Waals surface area contributed by atoms with Gasteiger partial charge in [-0.1, -0.05) is 53.0 Å². The number of ether oxygens (including phenoxy) is 2. The molecule has 0 saturated carbocycles. The van der Waals surface area contributed by atoms with Gasteiger partial charge in [0.2, 0.25) is 12.3 Å². The quantitative estimate of drug-likeness (QED) is 0.0294. The number of methoxy groups -OCH3 is 1. The van der Waals surface area contributed by atoms with E-state index in [1.165, 1.54) is 7.05 Å². The zero-order valence-corrected chi connectivity index (χ0v) is 38.2. The number of hydrogen-bond acceptors (Lipinski definition) is 15. The van der Waals surface area contributed by atoms with Crippen LogP contribution in [0.15, 0.2) is 52.9 Å². The monoisotopic (exact) mass is 902 g/mol. The van der Waals surface area contributed by atoms with E-state index >= 15 is 0 Å². The van der Waals surface area contributed by atoms with Gasteiger partial charge in [-0.3, -0.25) is 28.8 Å². The van der Waals surface area contributed by atoms with Crippen LogP contribution in [0, 0.1) is 5.92 Å². The third-order valence-corrected chi connectivity index (χ3v) is 8.94. The summed E-state index contributed by atoms with van der Waals surface area (Å²) in [6.07, 6.45) is 6.39. The van der Waals surface area contributed by atoms with E-state index in [9.17, 15) is 33.6 Å². The van der Waals surface area contributed by atoms with Gasteiger partial charge >= 0.3 is 11.9 Å². The summed E-state index contributed by atoms with van der Waals surface area (Å²) in [5.74, 6) is -0.258. The normalized spacial score (nSPS) is 11.2. The smallest absolute Gasteiger partial charge is 0.363 e. The number of carbonyl (C=O) groups excluding carboxylic acids is 6. The molecule has 1 heterocycles. The summed E-state index contributed by atoms with van der Waals surface area (Å²) in [4.78, 5) is 93.0. The molecular weight excluding hydrogens is 837 g/mol. The molecule has 64 heavy (non-hydrogen) atoms. The molecular formula is C45H66N4O15. The van der Waals surface area contributed by atoms with E-state index in [2.05, 4.69) is 22.9 Å². The zero-order valence-electron chi connectivity index (χ0n) is 38.2. The number of aliphatic carboxylic acids is 1. The molecule has 6 N–H and O–H groups in total. The number of nitrogens with zero attached hydrogens (tertiary/aromatic N) is 1. The maximum atomic E-state index is 13.0. The van der Waals surface area contributed by atoms with Crippen molar-refractivity contribution < 1.29 is 72.4 Å². The molecule has 2 amide bonds. The van der Waals surface area contributed by atoms with Crippen molar-refractivity contribution >= 4 is 49.6 Å². The van der Waals surface area contributed by atoms with Crippen molar-refractivity contribution in [2.24, 2.45) is 5.92 Å². The Morgan fingerprint density at radius 1 is 0.906 bits per heavy atom. The van der Waals surface area contributed by atoms with Crippen LogP contribution >= 0.6 is 0 Å². The fourth-order valence-corrected chi connectivity index (χ4v) is 5.78. The Kier molecular flexibility index (Phi) is 33.6. The number of hydroxylamine groups is 2. The topological polar surface area (TPSA) is 277 Å². The van der Waals surface area contributed by atoms with Gasteiger partial charge in [0, 0.05) is 19.1 Å². The first-order valence-corrected chi connectivity index (χ1v) is 20.5. The molecule has 0 aliphatic heterocycles. The Labute approximate surface area is 374 Å². The number of furan rings is 1. The minimum Gasteiger partial charge on any atom is -0.497 e. The number of aliphatic hydroxyl groups excluding tert-OH is 1. The Bertz CT molecular complexity index is 1830. The molecule has 3 atom stereocenters. The summed E-state index contributed by atoms with van der Waals surface area (Å²) in [6.45, 7) is 10.3. The average molecular weight is 903 g/mol. The second-order valence-electron chi connectivity index (χ2n) is 13.4. The maximum Gasteiger partial charge on any atom is 0.363 e. The number of nitrogens with one attached hydrogen (secondary N) is 3. The Hall–Kier alpha value is -6.44. The van der Waals surface area contributed by atoms with Crippen LogP contribution < -0.4 is 25.4 Å². The Balaban J connectivity index is 0. The number of amides is 2. The van der Waals surface area contributed by atoms with Gasteiger partial charge in [0.25, 0.3) is 6.47 Å². The van der Waals surface area contributed by atoms with Crippen LogP contribution in [0.2, 0.25) is 0 Å². The molecule has 3 unspecified atom stereocenters. The van der Waals surface area contributed by atoms with Gasteiger partial charge in [-0.15, -0.1) is 0 Å². The number of benzene rings is 2. The number of carbonyl (C=O) groups is 8. The van der Waals surface area contributed by atoms with Crippen LogP contribution in [0.5, 0.6) is 11.5 Å². The third kappa shape index (κ3) is 21.6. The summed E-state index contributed by atoms with van der Waals surface area (Å²) < 4.78 is 16.0. The summed E-state index contributed by atoms with van der Waals surface area (Å²) in [5, 5.41) is 31.4. The highest BCUT2D eigenvalue weighted by Gasteiger charge is 2.34. The minimum absolute atomic E-state index is 0.0197. The van der Waals surface area contributed by atoms with Gasteiger partial charge in [-0.2, -0.15) is 5.06 Å². The van der Waals surface area contributed by atoms with E-state index in [1.54, 1.807) is 62.7 Å². The van der Waals surface area contributed by atoms with E-state index in [-0.39, 0.29) is 30.5 Å². The predicted molar refractivity (Wildman–Crippen MR) is 238 cm³/mol. The standard InChI is InChI=1S/C24H39N3O5.C14H12O4.C5H9NO3.CH2O2.CH4O/c1-7-9-10-11-20(23(29)26-15-25-5)22(8-2)27(16-28)32-24(30)19-13-12-18(31-6)14-21(19)17(3)4;1-2-17-14-7-10(3-4-11(14)8-15)13-6-5-12(9-16)18-13;1-6-4(2-3-7)5(8)9;2-1-3;1-2/h12-14,16-17,20,22,25H,7-11,15H2,1-6H3,(H,26,29);3-9H,2H2,1H3;3-4,6H,2H2,1H3,(H,8,9);1H,(H,2,3);2H,1H3. The molecule has 0 bridgehead atoms. The van der Waals surface area contributed by atoms with Crippen molar-refractivity contribution in [1.82, 2.24) is 21.0 Å². The summed E-state index contributed by atoms with van der Waals surface area (Å²) in [6, 6.07) is 12.3. The number of unbranched alkanes of at least 4 members (excludes halogenated alkanes) is 2. The molecule has 0 aliphatic carbocycles. The highest BCUT2D eigenvalue weighted by Crippen LogP contribution is 2.29. The first-order valence-electron chi connectivity index (χ1n) is 20.5. The molecule has 3 aromatic rings. The lowest BCUT2D eigenvalue weighted by molar-refractivity contribution is -0.171. The van der Waals surface area contributed by atoms with Gasteiger partial charge in [0.05, 0.1) is 43.5 Å². The second-order valence-corrected chi connectivity index (χ2v) is 13.4. The number of carboxylic acid groups (broad SMARTS) is 2. The van der Waals surface area contributed by atoms with Gasteiger partial charge in [-0.05, 0) is 87.8 Å². The van der Waals surface area contributed by atoms with E-state index in [4.69, 9.17) is 38.8 Å². The van der Waals surface area contributed by atoms with E-state index in [1.807, 2.05) is 27.7 Å². The summed E-state index contributed by atoms with van der Waals surface area (Å²) in [7, 11) is 5.81. The number of carboxylic acids is 1. The van der Waals surface area contributed by atoms with Crippen molar-refractivity contribution in [3.63, 3.8) is 0 Å². The molecule has 0 aliphatic rings. The lowest BCUT2D eigenvalue weighted by Crippen LogP contribution is -2.48. The van der Waals surface area contributed by atoms with Crippen LogP contribution in [0.4, 0.5) is 0 Å². The summed E-state index contributed by atoms with van der Waals surface area (Å²) in [5.41, 5.74) is 2.38. The van der Waals surface area contributed by atoms with Gasteiger partial charge in [-0.25, -0.2) is 4.79 Å². The lowest BCUT2D eigenvalue weighted by atomic mass is 9.90. The highest BCUT2D eigenvalue weighted by molar-refractivity contribution is 5.92. The van der Waals surface area contributed by atoms with Crippen molar-refractivity contribution in [1.29, 1.82) is 0 Å². The Morgan fingerprint density at radius 2 is 1.58 bits per heavy atom. The van der Waals surface area contributed by atoms with E-state index < -0.39 is 29.9 Å². The van der Waals surface area contributed by atoms with Crippen molar-refractivity contribution in [2.45, 2.75) is 91.1 Å². The highest BCUT2D eigenvalue weighted by atomic mass is 16.7. The molecule has 0 radical (unpaired) electrons. The fourth-order valence-electron chi connectivity index (χ4n) is 5.78. The molecule has 0 spiro atoms. The van der Waals surface area contributed by atoms with Crippen LogP contribution in [0.1, 0.15) is 116 Å². The van der Waals surface area contributed by atoms with Crippen LogP contribution in [-0.4, -0.2) is 124 Å². The largest absolute Gasteiger partial charge is 0.497 e. The number of rotatable bonds is 24. The van der Waals surface area contributed by atoms with Gasteiger partial charge < -0.3 is 54.8 Å². The van der Waals surface area contributed by atoms with Crippen LogP contribution in [0.3, 0.4) is 0 Å². The van der Waals surface area contributed by atoms with Crippen LogP contribution in [-0.2, 0) is 28.8 Å². The van der Waals surface area contributed by atoms with Gasteiger partial charge in [0.15, 0.2) is 18.3 Å². The number of aliphatic hydroxyl groups is 1. The Morgan fingerprint density at radius 3 is 2.03 bits per heavy atom. The molecule has 0 fully saturated rings. The van der Waals surface area contributed by atoms with Crippen LogP contribution in [0.25, 0.3) is 11.3 Å². The molecule has 1 aromatic heterocycles. The predicted octanol–water partition coefficient (Wildman–Crippen LogP) is 5.14. The average Bonchev–Trinajstić information content (AvgIpc) is 3.80. The number of likely N-dealkylation sites (N-methyl/N-ethyl adjacent to an activating group) is 1. The molecule has 2 aromatic carbocycles. The molecule has 3 rings (SSSR count). The number of hydrogen-bond donors (Lipinski definition) is 6. The fraction of sp³-hybridized carbons (Fsp3) is 0.467. The van der Waals surface area contributed by atoms with E-state index in [0.717, 1.165) is 48.8 Å². The van der Waals surface area contributed by atoms with Crippen molar-refractivity contribution in [3.8, 4) is 22.8 Å². The van der Waals surface area contributed by atoms with Crippen molar-refractivity contribution in [2.75, 3.05) is 41.6 Å². The zero-order chi connectivity index (χ0) is 49.0. The van der Waals surface area contributed by atoms with Gasteiger partial charge in [0.1, 0.15) is 29.6 Å². The molecule has 19 heteroatoms. The van der Waals surface area contributed by atoms with E-state index in [0.29, 0.717) is 73.5 Å². The second kappa shape index (κ2) is 36.1. The summed E-state index contributed by atoms with van der Waals surface area (Å²) >= 11 is 0. The molecule has 0 saturated heterocycles. The molecule has 19 nitrogen and oxygen atoms in total. The SMILES string of the molecule is CCCCCC(C(=O)NCNC)C(CC)N(C=O)OC(=O)c1ccc(OC)cc1C(C)C.CCOc1cc(-c2ccc(C=O)o2)ccc1C=O.CNC(CC=O)C(=O)O.CO.O=CO. The third-order valence-electron chi connectivity index (χ3n) is 8.94. The first-order chi connectivity index (χ1) is 30.7. The van der Waals surface area contributed by atoms with Crippen molar-refractivity contribution in [3.05, 3.63) is 71.0 Å². The maximum absolute atomic E-state index is 13.0.